The fraction of sp³-hybridized carbons (Fsp3) is 0.333. The average Bonchev–Trinajstić information content (AvgIpc) is 3.13. The first-order valence-corrected chi connectivity index (χ1v) is 11.9. The monoisotopic (exact) mass is 435 g/mol. The van der Waals surface area contributed by atoms with E-state index in [9.17, 15) is 0 Å². The van der Waals surface area contributed by atoms with E-state index in [0.29, 0.717) is 0 Å². The first-order chi connectivity index (χ1) is 15.7. The highest BCUT2D eigenvalue weighted by Crippen LogP contribution is 2.49. The Labute approximate surface area is 195 Å². The second-order valence-corrected chi connectivity index (χ2v) is 11.1. The van der Waals surface area contributed by atoms with Gasteiger partial charge in [0.15, 0.2) is 11.8 Å². The number of hydrogen-bond acceptors (Lipinski definition) is 2. The van der Waals surface area contributed by atoms with Gasteiger partial charge in [0, 0.05) is 29.1 Å². The molecule has 33 heavy (non-hydrogen) atoms. The van der Waals surface area contributed by atoms with Crippen LogP contribution in [-0.4, -0.2) is 4.98 Å². The summed E-state index contributed by atoms with van der Waals surface area (Å²) < 4.78 is 8.77. The number of pyridine rings is 2. The molecule has 0 aliphatic heterocycles. The molecule has 0 atom stereocenters. The Bertz CT molecular complexity index is 1590. The third-order valence-electron chi connectivity index (χ3n) is 7.93. The molecule has 3 heterocycles. The molecule has 0 saturated heterocycles. The van der Waals surface area contributed by atoms with Gasteiger partial charge in [0.25, 0.3) is 0 Å². The number of benzene rings is 2. The molecule has 5 aromatic rings. The highest BCUT2D eigenvalue weighted by Gasteiger charge is 2.38. The van der Waals surface area contributed by atoms with Crippen LogP contribution in [0.3, 0.4) is 0 Å². The lowest BCUT2D eigenvalue weighted by Crippen LogP contribution is -2.34. The van der Waals surface area contributed by atoms with E-state index < -0.39 is 0 Å². The number of aromatic nitrogens is 2. The van der Waals surface area contributed by atoms with Gasteiger partial charge in [0.05, 0.1) is 5.69 Å². The maximum Gasteiger partial charge on any atom is 0.217 e. The molecular formula is C30H31N2O+. The van der Waals surface area contributed by atoms with E-state index in [1.807, 2.05) is 12.3 Å². The van der Waals surface area contributed by atoms with Crippen LogP contribution in [0.2, 0.25) is 0 Å². The number of fused-ring (bicyclic) bond motifs is 6. The largest absolute Gasteiger partial charge is 0.455 e. The number of nitrogens with zero attached hydrogens (tertiary/aromatic N) is 2. The molecule has 2 aromatic carbocycles. The minimum atomic E-state index is 0.144. The summed E-state index contributed by atoms with van der Waals surface area (Å²) in [5, 5.41) is 4.82. The minimum absolute atomic E-state index is 0.144. The molecule has 0 radical (unpaired) electrons. The molecule has 3 aromatic heterocycles. The van der Waals surface area contributed by atoms with Crippen LogP contribution in [-0.2, 0) is 17.9 Å². The summed E-state index contributed by atoms with van der Waals surface area (Å²) in [6.45, 7) is 11.6. The Morgan fingerprint density at radius 2 is 1.70 bits per heavy atom. The molecule has 1 aliphatic carbocycles. The zero-order chi connectivity index (χ0) is 23.1. The van der Waals surface area contributed by atoms with E-state index in [-0.39, 0.29) is 10.8 Å². The molecule has 0 bridgehead atoms. The van der Waals surface area contributed by atoms with E-state index in [4.69, 9.17) is 9.40 Å². The molecular weight excluding hydrogens is 404 g/mol. The van der Waals surface area contributed by atoms with Gasteiger partial charge in [-0.2, -0.15) is 0 Å². The maximum atomic E-state index is 6.64. The van der Waals surface area contributed by atoms with Crippen LogP contribution in [0.5, 0.6) is 0 Å². The van der Waals surface area contributed by atoms with Crippen LogP contribution in [0.4, 0.5) is 0 Å². The Morgan fingerprint density at radius 1 is 0.909 bits per heavy atom. The Morgan fingerprint density at radius 3 is 2.48 bits per heavy atom. The van der Waals surface area contributed by atoms with Gasteiger partial charge in [-0.05, 0) is 70.7 Å². The van der Waals surface area contributed by atoms with Crippen molar-refractivity contribution in [2.75, 3.05) is 0 Å². The van der Waals surface area contributed by atoms with Crippen molar-refractivity contribution in [2.45, 2.75) is 58.3 Å². The zero-order valence-corrected chi connectivity index (χ0v) is 20.4. The number of aryl methyl sites for hydroxylation is 2. The first-order valence-electron chi connectivity index (χ1n) is 11.9. The average molecular weight is 436 g/mol. The van der Waals surface area contributed by atoms with Crippen molar-refractivity contribution in [1.82, 2.24) is 4.98 Å². The summed E-state index contributed by atoms with van der Waals surface area (Å²) in [6.07, 6.45) is 6.46. The van der Waals surface area contributed by atoms with Crippen LogP contribution in [0, 0.1) is 6.92 Å². The molecule has 6 rings (SSSR count). The summed E-state index contributed by atoms with van der Waals surface area (Å²) in [6, 6.07) is 15.5. The summed E-state index contributed by atoms with van der Waals surface area (Å²) in [7, 11) is 2.07. The Kier molecular flexibility index (Phi) is 4.12. The molecule has 3 heteroatoms. The van der Waals surface area contributed by atoms with Gasteiger partial charge >= 0.3 is 0 Å². The molecule has 0 saturated carbocycles. The smallest absolute Gasteiger partial charge is 0.217 e. The molecule has 1 aliphatic rings. The van der Waals surface area contributed by atoms with Gasteiger partial charge in [-0.15, -0.1) is 0 Å². The van der Waals surface area contributed by atoms with Gasteiger partial charge in [0.1, 0.15) is 18.2 Å². The lowest BCUT2D eigenvalue weighted by molar-refractivity contribution is -0.660. The van der Waals surface area contributed by atoms with Crippen molar-refractivity contribution >= 4 is 32.7 Å². The predicted octanol–water partition coefficient (Wildman–Crippen LogP) is 7.28. The Hall–Kier alpha value is -3.20. The molecule has 0 fully saturated rings. The number of hydrogen-bond donors (Lipinski definition) is 0. The van der Waals surface area contributed by atoms with E-state index in [1.54, 1.807) is 0 Å². The highest BCUT2D eigenvalue weighted by atomic mass is 16.3. The summed E-state index contributed by atoms with van der Waals surface area (Å²) in [5.74, 6) is 0. The second kappa shape index (κ2) is 6.66. The van der Waals surface area contributed by atoms with Crippen LogP contribution < -0.4 is 4.57 Å². The van der Waals surface area contributed by atoms with Crippen LogP contribution in [0.25, 0.3) is 44.0 Å². The molecule has 0 unspecified atom stereocenters. The SMILES string of the molecule is Cc1ncc2c(oc3cc4c5c(ccc4cc32)C(C)(C)CCC5(C)C)c1-c1cccc[n+]1C. The van der Waals surface area contributed by atoms with Gasteiger partial charge in [-0.3, -0.25) is 4.98 Å². The fourth-order valence-corrected chi connectivity index (χ4v) is 5.90. The normalized spacial score (nSPS) is 17.0. The Balaban J connectivity index is 1.72. The van der Waals surface area contributed by atoms with Gasteiger partial charge in [-0.25, -0.2) is 4.57 Å². The molecule has 166 valence electrons. The van der Waals surface area contributed by atoms with Crippen molar-refractivity contribution in [3.05, 3.63) is 71.7 Å². The fourth-order valence-electron chi connectivity index (χ4n) is 5.90. The zero-order valence-electron chi connectivity index (χ0n) is 20.4. The quantitative estimate of drug-likeness (QED) is 0.259. The van der Waals surface area contributed by atoms with E-state index in [2.05, 4.69) is 88.8 Å². The third kappa shape index (κ3) is 2.88. The molecule has 0 spiro atoms. The third-order valence-corrected chi connectivity index (χ3v) is 7.93. The van der Waals surface area contributed by atoms with Crippen molar-refractivity contribution in [3.63, 3.8) is 0 Å². The topological polar surface area (TPSA) is 29.9 Å². The van der Waals surface area contributed by atoms with E-state index in [0.717, 1.165) is 38.9 Å². The van der Waals surface area contributed by atoms with Crippen molar-refractivity contribution in [2.24, 2.45) is 7.05 Å². The molecule has 0 amide bonds. The van der Waals surface area contributed by atoms with Crippen molar-refractivity contribution in [1.29, 1.82) is 0 Å². The molecule has 3 nitrogen and oxygen atoms in total. The lowest BCUT2D eigenvalue weighted by Gasteiger charge is -2.42. The van der Waals surface area contributed by atoms with Gasteiger partial charge < -0.3 is 4.42 Å². The lowest BCUT2D eigenvalue weighted by atomic mass is 9.62. The summed E-state index contributed by atoms with van der Waals surface area (Å²) in [5.41, 5.74) is 8.33. The van der Waals surface area contributed by atoms with E-state index in [1.165, 1.54) is 34.7 Å². The highest BCUT2D eigenvalue weighted by molar-refractivity contribution is 6.13. The number of rotatable bonds is 1. The summed E-state index contributed by atoms with van der Waals surface area (Å²) in [4.78, 5) is 4.77. The van der Waals surface area contributed by atoms with Gasteiger partial charge in [0.2, 0.25) is 5.69 Å². The maximum absolute atomic E-state index is 6.64. The van der Waals surface area contributed by atoms with Crippen molar-refractivity contribution in [3.8, 4) is 11.3 Å². The standard InChI is InChI=1S/C30H31N2O/c1-18-26(24-9-7-8-14-32(24)6)28-22(17-31-18)21-15-19-10-11-23-27(20(19)16-25(21)33-28)30(4,5)13-12-29(23,2)3/h7-11,14-17H,12-13H2,1-6H3/q+1. The first kappa shape index (κ1) is 20.4. The van der Waals surface area contributed by atoms with Crippen LogP contribution in [0.1, 0.15) is 57.4 Å². The second-order valence-electron chi connectivity index (χ2n) is 11.1. The van der Waals surface area contributed by atoms with Crippen LogP contribution >= 0.6 is 0 Å². The van der Waals surface area contributed by atoms with E-state index >= 15 is 0 Å². The molecule has 0 N–H and O–H groups in total. The number of furan rings is 1. The summed E-state index contributed by atoms with van der Waals surface area (Å²) >= 11 is 0. The van der Waals surface area contributed by atoms with Crippen molar-refractivity contribution < 1.29 is 8.98 Å². The van der Waals surface area contributed by atoms with Gasteiger partial charge in [-0.1, -0.05) is 39.8 Å². The van der Waals surface area contributed by atoms with Crippen LogP contribution in [0.15, 0.2) is 59.3 Å². The predicted molar refractivity (Wildman–Crippen MR) is 136 cm³/mol. The minimum Gasteiger partial charge on any atom is -0.455 e.